The topological polar surface area (TPSA) is 245 Å². The molecule has 0 aromatic carbocycles. The molecule has 198 valence electrons. The molecule has 1 aromatic rings. The van der Waals surface area contributed by atoms with E-state index < -0.39 is 66.2 Å². The van der Waals surface area contributed by atoms with Crippen LogP contribution in [0.5, 0.6) is 0 Å². The number of likely N-dealkylation sites (tertiary alicyclic amines) is 1. The fourth-order valence-electron chi connectivity index (χ4n) is 3.81. The van der Waals surface area contributed by atoms with Crippen molar-refractivity contribution < 1.29 is 44.1 Å². The van der Waals surface area contributed by atoms with E-state index in [0.29, 0.717) is 12.1 Å². The minimum absolute atomic E-state index is 0.0817. The Morgan fingerprint density at radius 2 is 1.72 bits per heavy atom. The van der Waals surface area contributed by atoms with Crippen molar-refractivity contribution in [2.24, 2.45) is 5.73 Å². The van der Waals surface area contributed by atoms with E-state index in [4.69, 9.17) is 15.9 Å². The molecule has 8 N–H and O–H groups in total. The summed E-state index contributed by atoms with van der Waals surface area (Å²) in [4.78, 5) is 79.7. The molecule has 15 nitrogen and oxygen atoms in total. The first kappa shape index (κ1) is 28.2. The highest BCUT2D eigenvalue weighted by atomic mass is 16.4. The Balaban J connectivity index is 2.13. The van der Waals surface area contributed by atoms with Gasteiger partial charge < -0.3 is 41.6 Å². The lowest BCUT2D eigenvalue weighted by Crippen LogP contribution is -2.57. The summed E-state index contributed by atoms with van der Waals surface area (Å²) in [5.41, 5.74) is 6.28. The van der Waals surface area contributed by atoms with Crippen LogP contribution in [-0.2, 0) is 35.2 Å². The Hall–Kier alpha value is -4.01. The van der Waals surface area contributed by atoms with Crippen LogP contribution < -0.4 is 16.4 Å². The molecule has 2 heterocycles. The number of nitrogens with one attached hydrogen (secondary N) is 3. The van der Waals surface area contributed by atoms with E-state index in [1.807, 2.05) is 0 Å². The third-order valence-electron chi connectivity index (χ3n) is 5.70. The summed E-state index contributed by atoms with van der Waals surface area (Å²) in [5, 5.41) is 31.8. The Morgan fingerprint density at radius 3 is 2.31 bits per heavy atom. The largest absolute Gasteiger partial charge is 0.481 e. The fourth-order valence-corrected chi connectivity index (χ4v) is 3.81. The Kier molecular flexibility index (Phi) is 10.3. The minimum Gasteiger partial charge on any atom is -0.481 e. The van der Waals surface area contributed by atoms with Gasteiger partial charge in [0.15, 0.2) is 0 Å². The van der Waals surface area contributed by atoms with Crippen LogP contribution in [0.1, 0.15) is 44.2 Å². The Labute approximate surface area is 205 Å². The molecular weight excluding hydrogens is 480 g/mol. The van der Waals surface area contributed by atoms with Gasteiger partial charge in [-0.2, -0.15) is 0 Å². The van der Waals surface area contributed by atoms with Gasteiger partial charge in [-0.15, -0.1) is 0 Å². The molecule has 15 heteroatoms. The maximum Gasteiger partial charge on any atom is 0.326 e. The lowest BCUT2D eigenvalue weighted by Gasteiger charge is -2.28. The number of aromatic amines is 1. The first-order chi connectivity index (χ1) is 17.0. The van der Waals surface area contributed by atoms with Gasteiger partial charge in [0.2, 0.25) is 17.7 Å². The van der Waals surface area contributed by atoms with Gasteiger partial charge in [-0.1, -0.05) is 0 Å². The standard InChI is InChI=1S/C21H30N6O9/c22-12(3-5-16(28)29)20(34)27-7-1-2-15(27)19(33)26-14(8-11-9-23-10-24-11)18(32)25-13(21(35)36)4-6-17(30)31/h9-10,12-15H,1-8,22H2,(H,23,24)(H,25,32)(H,26,33)(H,28,29)(H,30,31)(H,35,36). The molecule has 1 aromatic heterocycles. The molecular formula is C21H30N6O9. The van der Waals surface area contributed by atoms with E-state index in [2.05, 4.69) is 20.6 Å². The molecule has 0 radical (unpaired) electrons. The van der Waals surface area contributed by atoms with Gasteiger partial charge in [-0.25, -0.2) is 9.78 Å². The third-order valence-corrected chi connectivity index (χ3v) is 5.70. The molecule has 0 saturated carbocycles. The van der Waals surface area contributed by atoms with Crippen LogP contribution >= 0.6 is 0 Å². The number of aliphatic carboxylic acids is 3. The Bertz CT molecular complexity index is 967. The molecule has 36 heavy (non-hydrogen) atoms. The van der Waals surface area contributed by atoms with E-state index in [1.54, 1.807) is 0 Å². The van der Waals surface area contributed by atoms with Crippen molar-refractivity contribution in [3.63, 3.8) is 0 Å². The highest BCUT2D eigenvalue weighted by Gasteiger charge is 2.38. The smallest absolute Gasteiger partial charge is 0.326 e. The maximum atomic E-state index is 13.1. The van der Waals surface area contributed by atoms with E-state index in [9.17, 15) is 33.9 Å². The predicted molar refractivity (Wildman–Crippen MR) is 120 cm³/mol. The molecule has 1 aliphatic heterocycles. The number of nitrogens with zero attached hydrogens (tertiary/aromatic N) is 2. The number of carboxylic acids is 3. The van der Waals surface area contributed by atoms with Crippen LogP contribution in [0, 0.1) is 0 Å². The number of carbonyl (C=O) groups is 6. The van der Waals surface area contributed by atoms with Crippen LogP contribution in [-0.4, -0.2) is 96.5 Å². The van der Waals surface area contributed by atoms with Gasteiger partial charge in [-0.3, -0.25) is 24.0 Å². The van der Waals surface area contributed by atoms with Gasteiger partial charge in [-0.05, 0) is 25.7 Å². The van der Waals surface area contributed by atoms with Crippen LogP contribution in [0.15, 0.2) is 12.5 Å². The summed E-state index contributed by atoms with van der Waals surface area (Å²) in [6.45, 7) is 0.228. The van der Waals surface area contributed by atoms with E-state index in [-0.39, 0.29) is 38.6 Å². The Morgan fingerprint density at radius 1 is 1.06 bits per heavy atom. The molecule has 2 rings (SSSR count). The van der Waals surface area contributed by atoms with Gasteiger partial charge in [0.05, 0.1) is 12.4 Å². The second-order valence-electron chi connectivity index (χ2n) is 8.40. The summed E-state index contributed by atoms with van der Waals surface area (Å²) in [7, 11) is 0. The van der Waals surface area contributed by atoms with Crippen LogP contribution in [0.4, 0.5) is 0 Å². The molecule has 3 amide bonds. The number of hydrogen-bond acceptors (Lipinski definition) is 8. The number of imidazole rings is 1. The number of aromatic nitrogens is 2. The van der Waals surface area contributed by atoms with Crippen molar-refractivity contribution in [1.29, 1.82) is 0 Å². The van der Waals surface area contributed by atoms with E-state index in [1.165, 1.54) is 17.4 Å². The molecule has 4 unspecified atom stereocenters. The minimum atomic E-state index is -1.49. The second-order valence-corrected chi connectivity index (χ2v) is 8.40. The van der Waals surface area contributed by atoms with Crippen molar-refractivity contribution in [2.75, 3.05) is 6.54 Å². The molecule has 1 saturated heterocycles. The summed E-state index contributed by atoms with van der Waals surface area (Å²) in [6, 6.07) is -4.81. The highest BCUT2D eigenvalue weighted by molar-refractivity contribution is 5.94. The highest BCUT2D eigenvalue weighted by Crippen LogP contribution is 2.19. The predicted octanol–water partition coefficient (Wildman–Crippen LogP) is -1.95. The lowest BCUT2D eigenvalue weighted by molar-refractivity contribution is -0.144. The van der Waals surface area contributed by atoms with Crippen molar-refractivity contribution in [3.8, 4) is 0 Å². The quantitative estimate of drug-likeness (QED) is 0.145. The van der Waals surface area contributed by atoms with Gasteiger partial charge in [0, 0.05) is 37.7 Å². The monoisotopic (exact) mass is 510 g/mol. The zero-order chi connectivity index (χ0) is 26.8. The number of hydrogen-bond donors (Lipinski definition) is 7. The molecule has 0 spiro atoms. The van der Waals surface area contributed by atoms with Crippen LogP contribution in [0.3, 0.4) is 0 Å². The zero-order valence-electron chi connectivity index (χ0n) is 19.4. The van der Waals surface area contributed by atoms with Crippen molar-refractivity contribution in [1.82, 2.24) is 25.5 Å². The van der Waals surface area contributed by atoms with Crippen molar-refractivity contribution in [3.05, 3.63) is 18.2 Å². The zero-order valence-corrected chi connectivity index (χ0v) is 19.4. The van der Waals surface area contributed by atoms with Crippen LogP contribution in [0.2, 0.25) is 0 Å². The molecule has 4 atom stereocenters. The first-order valence-electron chi connectivity index (χ1n) is 11.3. The normalized spacial score (nSPS) is 17.6. The van der Waals surface area contributed by atoms with E-state index >= 15 is 0 Å². The van der Waals surface area contributed by atoms with Crippen LogP contribution in [0.25, 0.3) is 0 Å². The molecule has 1 fully saturated rings. The number of H-pyrrole nitrogens is 1. The lowest BCUT2D eigenvalue weighted by atomic mass is 10.1. The number of rotatable bonds is 14. The summed E-state index contributed by atoms with van der Waals surface area (Å²) < 4.78 is 0. The van der Waals surface area contributed by atoms with Crippen molar-refractivity contribution >= 4 is 35.6 Å². The number of carboxylic acid groups (broad SMARTS) is 3. The number of carbonyl (C=O) groups excluding carboxylic acids is 3. The molecule has 0 bridgehead atoms. The average Bonchev–Trinajstić information content (AvgIpc) is 3.50. The van der Waals surface area contributed by atoms with Gasteiger partial charge >= 0.3 is 17.9 Å². The summed E-state index contributed by atoms with van der Waals surface area (Å²) in [5.74, 6) is -5.87. The average molecular weight is 511 g/mol. The van der Waals surface area contributed by atoms with Crippen molar-refractivity contribution in [2.45, 2.75) is 69.1 Å². The van der Waals surface area contributed by atoms with E-state index in [0.717, 1.165) is 0 Å². The van der Waals surface area contributed by atoms with Gasteiger partial charge in [0.25, 0.3) is 0 Å². The second kappa shape index (κ2) is 13.2. The SMILES string of the molecule is NC(CCC(=O)O)C(=O)N1CCCC1C(=O)NC(Cc1cnc[nH]1)C(=O)NC(CCC(=O)O)C(=O)O. The summed E-state index contributed by atoms with van der Waals surface area (Å²) >= 11 is 0. The molecule has 0 aliphatic carbocycles. The molecule has 1 aliphatic rings. The number of amides is 3. The third kappa shape index (κ3) is 8.33. The summed E-state index contributed by atoms with van der Waals surface area (Å²) in [6.07, 6.45) is 2.21. The number of nitrogens with two attached hydrogens (primary N) is 1. The maximum absolute atomic E-state index is 13.1. The fraction of sp³-hybridized carbons (Fsp3) is 0.571. The van der Waals surface area contributed by atoms with Gasteiger partial charge in [0.1, 0.15) is 18.1 Å². The first-order valence-corrected chi connectivity index (χ1v) is 11.3.